The van der Waals surface area contributed by atoms with Crippen LogP contribution in [0.15, 0.2) is 53.2 Å². The summed E-state index contributed by atoms with van der Waals surface area (Å²) in [4.78, 5) is 19.9. The van der Waals surface area contributed by atoms with Gasteiger partial charge in [-0.3, -0.25) is 9.78 Å². The maximum atomic E-state index is 11.0. The Labute approximate surface area is 201 Å². The molecule has 1 N–H and O–H groups in total. The van der Waals surface area contributed by atoms with Crippen molar-refractivity contribution in [2.75, 3.05) is 6.61 Å². The summed E-state index contributed by atoms with van der Waals surface area (Å²) >= 11 is 0. The molecule has 9 heteroatoms. The molecule has 1 aliphatic carbocycles. The number of hydrogen-bond donors (Lipinski definition) is 1. The minimum Gasteiger partial charge on any atom is -0.492 e. The molecule has 4 aromatic rings. The van der Waals surface area contributed by atoms with Crippen LogP contribution in [-0.2, 0) is 11.2 Å². The van der Waals surface area contributed by atoms with Crippen molar-refractivity contribution in [2.24, 2.45) is 5.92 Å². The highest BCUT2D eigenvalue weighted by Gasteiger charge is 2.23. The van der Waals surface area contributed by atoms with E-state index in [-0.39, 0.29) is 18.8 Å². The Balaban J connectivity index is 0.00000274. The number of carboxylic acid groups (broad SMARTS) is 1. The van der Waals surface area contributed by atoms with Gasteiger partial charge in [-0.05, 0) is 48.4 Å². The molecule has 0 bridgehead atoms. The lowest BCUT2D eigenvalue weighted by Gasteiger charge is -2.07. The van der Waals surface area contributed by atoms with Gasteiger partial charge in [-0.25, -0.2) is 0 Å². The van der Waals surface area contributed by atoms with Crippen LogP contribution in [0.4, 0.5) is 0 Å². The normalized spacial score (nSPS) is 12.7. The summed E-state index contributed by atoms with van der Waals surface area (Å²) in [5.74, 6) is 0.984. The predicted molar refractivity (Wildman–Crippen MR) is 127 cm³/mol. The van der Waals surface area contributed by atoms with Gasteiger partial charge >= 0.3 is 5.97 Å². The number of nitriles is 1. The van der Waals surface area contributed by atoms with Gasteiger partial charge in [-0.2, -0.15) is 10.2 Å². The number of fused-ring (bicyclic) bond motifs is 1. The van der Waals surface area contributed by atoms with Gasteiger partial charge in [0.2, 0.25) is 5.82 Å². The van der Waals surface area contributed by atoms with Crippen molar-refractivity contribution >= 4 is 29.1 Å². The summed E-state index contributed by atoms with van der Waals surface area (Å²) in [6.07, 6.45) is 4.35. The summed E-state index contributed by atoms with van der Waals surface area (Å²) in [6.45, 7) is 0.628. The zero-order valence-electron chi connectivity index (χ0n) is 18.1. The first-order chi connectivity index (χ1) is 16.1. The first-order valence-electron chi connectivity index (χ1n) is 10.7. The molecule has 0 aliphatic heterocycles. The Morgan fingerprint density at radius 3 is 2.82 bits per heavy atom. The fraction of sp³-hybridized carbons (Fsp3) is 0.240. The van der Waals surface area contributed by atoms with Gasteiger partial charge < -0.3 is 14.4 Å². The highest BCUT2D eigenvalue weighted by atomic mass is 35.5. The molecule has 0 unspecified atom stereocenters. The number of carbonyl (C=O) groups is 1. The standard InChI is InChI=1S/C25H20N4O4.ClH/c26-13-17-12-16(6-8-22(17)32-14-15-4-5-15)25-28-24(29-33-25)20-3-1-2-19-18(20)10-11-27-21(19)7-9-23(30)31;/h1-3,6,8,10-12,15H,4-5,7,9,14H2,(H,30,31);1H. The van der Waals surface area contributed by atoms with Gasteiger partial charge in [0.25, 0.3) is 5.89 Å². The largest absolute Gasteiger partial charge is 0.492 e. The minimum absolute atomic E-state index is 0. The molecule has 2 heterocycles. The van der Waals surface area contributed by atoms with E-state index in [1.165, 1.54) is 12.8 Å². The van der Waals surface area contributed by atoms with Gasteiger partial charge in [-0.15, -0.1) is 12.4 Å². The highest BCUT2D eigenvalue weighted by Crippen LogP contribution is 2.33. The number of aromatic nitrogens is 3. The lowest BCUT2D eigenvalue weighted by atomic mass is 10.0. The average Bonchev–Trinajstić information content (AvgIpc) is 3.54. The van der Waals surface area contributed by atoms with Crippen LogP contribution in [0, 0.1) is 17.2 Å². The second-order valence-corrected chi connectivity index (χ2v) is 8.05. The summed E-state index contributed by atoms with van der Waals surface area (Å²) in [5.41, 5.74) is 2.52. The Morgan fingerprint density at radius 1 is 1.21 bits per heavy atom. The summed E-state index contributed by atoms with van der Waals surface area (Å²) in [6, 6.07) is 14.9. The Morgan fingerprint density at radius 2 is 2.06 bits per heavy atom. The molecule has 1 aliphatic rings. The summed E-state index contributed by atoms with van der Waals surface area (Å²) in [5, 5.41) is 24.4. The van der Waals surface area contributed by atoms with Crippen LogP contribution in [-0.4, -0.2) is 32.8 Å². The van der Waals surface area contributed by atoms with Crippen LogP contribution >= 0.6 is 12.4 Å². The maximum Gasteiger partial charge on any atom is 0.303 e. The first kappa shape index (κ1) is 23.2. The van der Waals surface area contributed by atoms with E-state index in [1.54, 1.807) is 24.4 Å². The quantitative estimate of drug-likeness (QED) is 0.374. The van der Waals surface area contributed by atoms with Crippen LogP contribution in [0.25, 0.3) is 33.6 Å². The lowest BCUT2D eigenvalue weighted by Crippen LogP contribution is -2.00. The van der Waals surface area contributed by atoms with Gasteiger partial charge in [0.1, 0.15) is 11.8 Å². The van der Waals surface area contributed by atoms with Crippen LogP contribution in [0.5, 0.6) is 5.75 Å². The Bertz CT molecular complexity index is 1390. The molecule has 0 radical (unpaired) electrons. The molecule has 2 aromatic heterocycles. The van der Waals surface area contributed by atoms with Crippen molar-refractivity contribution in [3.8, 4) is 34.7 Å². The molecule has 5 rings (SSSR count). The number of hydrogen-bond acceptors (Lipinski definition) is 7. The number of benzene rings is 2. The van der Waals surface area contributed by atoms with Crippen LogP contribution in [0.2, 0.25) is 0 Å². The van der Waals surface area contributed by atoms with Crippen LogP contribution in [0.3, 0.4) is 0 Å². The molecular formula is C25H21ClN4O4. The van der Waals surface area contributed by atoms with Crippen molar-refractivity contribution in [1.29, 1.82) is 5.26 Å². The minimum atomic E-state index is -0.867. The molecule has 0 spiro atoms. The molecule has 34 heavy (non-hydrogen) atoms. The van der Waals surface area contributed by atoms with E-state index in [4.69, 9.17) is 14.4 Å². The number of nitrogens with zero attached hydrogens (tertiary/aromatic N) is 4. The van der Waals surface area contributed by atoms with Crippen molar-refractivity contribution in [1.82, 2.24) is 15.1 Å². The molecule has 0 saturated heterocycles. The first-order valence-corrected chi connectivity index (χ1v) is 10.7. The topological polar surface area (TPSA) is 122 Å². The Hall–Kier alpha value is -3.96. The number of halogens is 1. The van der Waals surface area contributed by atoms with E-state index < -0.39 is 5.97 Å². The zero-order chi connectivity index (χ0) is 22.8. The van der Waals surface area contributed by atoms with E-state index in [1.807, 2.05) is 24.3 Å². The molecular weight excluding hydrogens is 456 g/mol. The van der Waals surface area contributed by atoms with Crippen molar-refractivity contribution in [3.63, 3.8) is 0 Å². The Kier molecular flexibility index (Phi) is 6.75. The SMILES string of the molecule is Cl.N#Cc1cc(-c2nc(-c3cccc4c(CCC(=O)O)nccc34)no2)ccc1OCC1CC1. The summed E-state index contributed by atoms with van der Waals surface area (Å²) in [7, 11) is 0. The average molecular weight is 477 g/mol. The number of pyridine rings is 1. The second-order valence-electron chi connectivity index (χ2n) is 8.05. The second kappa shape index (κ2) is 9.89. The number of aryl methyl sites for hydroxylation is 1. The molecule has 0 atom stereocenters. The smallest absolute Gasteiger partial charge is 0.303 e. The third-order valence-corrected chi connectivity index (χ3v) is 5.65. The molecule has 1 fully saturated rings. The molecule has 172 valence electrons. The number of rotatable bonds is 8. The molecule has 8 nitrogen and oxygen atoms in total. The lowest BCUT2D eigenvalue weighted by molar-refractivity contribution is -0.136. The predicted octanol–water partition coefficient (Wildman–Crippen LogP) is 5.05. The fourth-order valence-corrected chi connectivity index (χ4v) is 3.71. The third-order valence-electron chi connectivity index (χ3n) is 5.65. The molecule has 0 amide bonds. The van der Waals surface area contributed by atoms with Gasteiger partial charge in [0.15, 0.2) is 0 Å². The van der Waals surface area contributed by atoms with E-state index in [0.29, 0.717) is 53.2 Å². The van der Waals surface area contributed by atoms with Crippen molar-refractivity contribution in [2.45, 2.75) is 25.7 Å². The number of ether oxygens (including phenoxy) is 1. The van der Waals surface area contributed by atoms with E-state index >= 15 is 0 Å². The van der Waals surface area contributed by atoms with Gasteiger partial charge in [0.05, 0.1) is 18.6 Å². The van der Waals surface area contributed by atoms with E-state index in [9.17, 15) is 10.1 Å². The van der Waals surface area contributed by atoms with E-state index in [2.05, 4.69) is 21.2 Å². The third kappa shape index (κ3) is 4.85. The van der Waals surface area contributed by atoms with Gasteiger partial charge in [0, 0.05) is 34.8 Å². The monoisotopic (exact) mass is 476 g/mol. The van der Waals surface area contributed by atoms with Crippen molar-refractivity contribution < 1.29 is 19.2 Å². The zero-order valence-corrected chi connectivity index (χ0v) is 18.9. The van der Waals surface area contributed by atoms with Gasteiger partial charge in [-0.1, -0.05) is 23.4 Å². The fourth-order valence-electron chi connectivity index (χ4n) is 3.71. The van der Waals surface area contributed by atoms with Crippen LogP contribution < -0.4 is 4.74 Å². The molecule has 1 saturated carbocycles. The number of aliphatic carboxylic acids is 1. The highest BCUT2D eigenvalue weighted by molar-refractivity contribution is 5.96. The number of carboxylic acids is 1. The van der Waals surface area contributed by atoms with Crippen LogP contribution in [0.1, 0.15) is 30.5 Å². The van der Waals surface area contributed by atoms with E-state index in [0.717, 1.165) is 16.3 Å². The summed E-state index contributed by atoms with van der Waals surface area (Å²) < 4.78 is 11.3. The maximum absolute atomic E-state index is 11.0. The van der Waals surface area contributed by atoms with Crippen molar-refractivity contribution in [3.05, 3.63) is 59.9 Å². The molecule has 2 aromatic carbocycles.